The lowest BCUT2D eigenvalue weighted by molar-refractivity contribution is -0.142. The third kappa shape index (κ3) is 3.02. The molecule has 1 aliphatic carbocycles. The van der Waals surface area contributed by atoms with E-state index in [-0.39, 0.29) is 12.5 Å². The summed E-state index contributed by atoms with van der Waals surface area (Å²) in [6.45, 7) is -0.0377. The Morgan fingerprint density at radius 1 is 1.62 bits per heavy atom. The van der Waals surface area contributed by atoms with Gasteiger partial charge in [-0.1, -0.05) is 0 Å². The van der Waals surface area contributed by atoms with Crippen LogP contribution < -0.4 is 5.32 Å². The summed E-state index contributed by atoms with van der Waals surface area (Å²) in [4.78, 5) is 21.4. The van der Waals surface area contributed by atoms with Crippen LogP contribution in [-0.2, 0) is 14.3 Å². The molecule has 0 heterocycles. The van der Waals surface area contributed by atoms with Gasteiger partial charge in [0, 0.05) is 0 Å². The zero-order valence-corrected chi connectivity index (χ0v) is 7.45. The maximum absolute atomic E-state index is 10.7. The zero-order valence-electron chi connectivity index (χ0n) is 7.45. The number of aliphatic carboxylic acids is 1. The van der Waals surface area contributed by atoms with Gasteiger partial charge in [0.25, 0.3) is 0 Å². The van der Waals surface area contributed by atoms with E-state index in [1.165, 1.54) is 7.11 Å². The van der Waals surface area contributed by atoms with Crippen LogP contribution in [0.15, 0.2) is 0 Å². The molecule has 1 fully saturated rings. The largest absolute Gasteiger partial charge is 0.480 e. The molecule has 0 amide bonds. The molecule has 1 rings (SSSR count). The van der Waals surface area contributed by atoms with Crippen LogP contribution >= 0.6 is 0 Å². The summed E-state index contributed by atoms with van der Waals surface area (Å²) < 4.78 is 4.39. The molecular weight excluding hydrogens is 174 g/mol. The lowest BCUT2D eigenvalue weighted by Gasteiger charge is -2.11. The molecule has 0 aliphatic heterocycles. The number of nitrogens with one attached hydrogen (secondary N) is 1. The van der Waals surface area contributed by atoms with Crippen molar-refractivity contribution in [1.82, 2.24) is 5.32 Å². The molecule has 0 saturated heterocycles. The van der Waals surface area contributed by atoms with Crippen LogP contribution in [-0.4, -0.2) is 36.7 Å². The van der Waals surface area contributed by atoms with Crippen LogP contribution in [0.1, 0.15) is 12.8 Å². The number of methoxy groups -OCH3 is 1. The molecule has 5 heteroatoms. The molecule has 0 aromatic rings. The molecule has 74 valence electrons. The van der Waals surface area contributed by atoms with Gasteiger partial charge in [0.1, 0.15) is 6.04 Å². The summed E-state index contributed by atoms with van der Waals surface area (Å²) in [5.74, 6) is -1.15. The van der Waals surface area contributed by atoms with Crippen molar-refractivity contribution in [3.05, 3.63) is 0 Å². The van der Waals surface area contributed by atoms with Crippen molar-refractivity contribution in [3.63, 3.8) is 0 Å². The molecule has 13 heavy (non-hydrogen) atoms. The fraction of sp³-hybridized carbons (Fsp3) is 0.750. The van der Waals surface area contributed by atoms with E-state index in [2.05, 4.69) is 10.1 Å². The molecule has 0 bridgehead atoms. The number of ether oxygens (including phenoxy) is 1. The monoisotopic (exact) mass is 187 g/mol. The van der Waals surface area contributed by atoms with E-state index in [9.17, 15) is 9.59 Å². The van der Waals surface area contributed by atoms with Crippen LogP contribution in [0.3, 0.4) is 0 Å². The first-order valence-corrected chi connectivity index (χ1v) is 4.18. The van der Waals surface area contributed by atoms with E-state index in [0.717, 1.165) is 12.8 Å². The van der Waals surface area contributed by atoms with Gasteiger partial charge in [-0.15, -0.1) is 0 Å². The molecule has 0 spiro atoms. The highest BCUT2D eigenvalue weighted by atomic mass is 16.5. The number of carboxylic acids is 1. The Hall–Kier alpha value is -1.10. The topological polar surface area (TPSA) is 75.6 Å². The average Bonchev–Trinajstić information content (AvgIpc) is 2.87. The first-order chi connectivity index (χ1) is 6.15. The highest BCUT2D eigenvalue weighted by molar-refractivity contribution is 5.76. The molecule has 1 atom stereocenters. The van der Waals surface area contributed by atoms with E-state index >= 15 is 0 Å². The Morgan fingerprint density at radius 2 is 2.23 bits per heavy atom. The standard InChI is InChI=1S/C8H13NO4/c1-13-6(10)4-9-7(8(11)12)5-2-3-5/h5,7,9H,2-4H2,1H3,(H,11,12). The second-order valence-corrected chi connectivity index (χ2v) is 3.11. The second kappa shape index (κ2) is 4.23. The lowest BCUT2D eigenvalue weighted by atomic mass is 10.2. The van der Waals surface area contributed by atoms with Gasteiger partial charge in [-0.2, -0.15) is 0 Å². The van der Waals surface area contributed by atoms with Crippen LogP contribution in [0.4, 0.5) is 0 Å². The first kappa shape index (κ1) is 9.98. The maximum atomic E-state index is 10.7. The van der Waals surface area contributed by atoms with E-state index in [0.29, 0.717) is 0 Å². The minimum absolute atomic E-state index is 0.0377. The molecule has 5 nitrogen and oxygen atoms in total. The maximum Gasteiger partial charge on any atom is 0.320 e. The quantitative estimate of drug-likeness (QED) is 0.573. The van der Waals surface area contributed by atoms with Crippen LogP contribution in [0, 0.1) is 5.92 Å². The SMILES string of the molecule is COC(=O)CNC(C(=O)O)C1CC1. The summed E-state index contributed by atoms with van der Waals surface area (Å²) in [6.07, 6.45) is 1.84. The van der Waals surface area contributed by atoms with Gasteiger partial charge >= 0.3 is 11.9 Å². The third-order valence-corrected chi connectivity index (χ3v) is 2.05. The number of hydrogen-bond acceptors (Lipinski definition) is 4. The fourth-order valence-electron chi connectivity index (χ4n) is 1.15. The number of carbonyl (C=O) groups is 2. The summed E-state index contributed by atoms with van der Waals surface area (Å²) >= 11 is 0. The number of carboxylic acid groups (broad SMARTS) is 1. The molecule has 1 saturated carbocycles. The van der Waals surface area contributed by atoms with Crippen molar-refractivity contribution >= 4 is 11.9 Å². The molecule has 0 radical (unpaired) electrons. The van der Waals surface area contributed by atoms with Gasteiger partial charge in [0.2, 0.25) is 0 Å². The Morgan fingerprint density at radius 3 is 2.62 bits per heavy atom. The summed E-state index contributed by atoms with van der Waals surface area (Å²) in [5.41, 5.74) is 0. The summed E-state index contributed by atoms with van der Waals surface area (Å²) in [7, 11) is 1.27. The average molecular weight is 187 g/mol. The van der Waals surface area contributed by atoms with E-state index < -0.39 is 18.0 Å². The zero-order chi connectivity index (χ0) is 9.84. The number of esters is 1. The van der Waals surface area contributed by atoms with Crippen LogP contribution in [0.25, 0.3) is 0 Å². The normalized spacial score (nSPS) is 17.9. The van der Waals surface area contributed by atoms with Gasteiger partial charge in [0.05, 0.1) is 13.7 Å². The predicted octanol–water partition coefficient (Wildman–Crippen LogP) is -0.388. The van der Waals surface area contributed by atoms with Crippen molar-refractivity contribution in [3.8, 4) is 0 Å². The van der Waals surface area contributed by atoms with Crippen LogP contribution in [0.2, 0.25) is 0 Å². The predicted molar refractivity (Wildman–Crippen MR) is 44.2 cm³/mol. The molecule has 1 unspecified atom stereocenters. The van der Waals surface area contributed by atoms with Gasteiger partial charge < -0.3 is 9.84 Å². The third-order valence-electron chi connectivity index (χ3n) is 2.05. The molecule has 0 aromatic carbocycles. The van der Waals surface area contributed by atoms with Crippen molar-refractivity contribution in [2.75, 3.05) is 13.7 Å². The van der Waals surface area contributed by atoms with Gasteiger partial charge in [0.15, 0.2) is 0 Å². The van der Waals surface area contributed by atoms with Crippen molar-refractivity contribution in [2.24, 2.45) is 5.92 Å². The first-order valence-electron chi connectivity index (χ1n) is 4.18. The van der Waals surface area contributed by atoms with Crippen LogP contribution in [0.5, 0.6) is 0 Å². The fourth-order valence-corrected chi connectivity index (χ4v) is 1.15. The molecule has 1 aliphatic rings. The Bertz CT molecular complexity index is 212. The minimum atomic E-state index is -0.897. The van der Waals surface area contributed by atoms with Crippen molar-refractivity contribution in [1.29, 1.82) is 0 Å². The van der Waals surface area contributed by atoms with Gasteiger partial charge in [-0.3, -0.25) is 14.9 Å². The molecule has 2 N–H and O–H groups in total. The minimum Gasteiger partial charge on any atom is -0.480 e. The van der Waals surface area contributed by atoms with Crippen molar-refractivity contribution < 1.29 is 19.4 Å². The summed E-state index contributed by atoms with van der Waals surface area (Å²) in [5, 5.41) is 11.4. The lowest BCUT2D eigenvalue weighted by Crippen LogP contribution is -2.41. The Labute approximate surface area is 76.1 Å². The number of carbonyl (C=O) groups excluding carboxylic acids is 1. The number of rotatable bonds is 5. The molecule has 0 aromatic heterocycles. The molecular formula is C8H13NO4. The van der Waals surface area contributed by atoms with Gasteiger partial charge in [-0.25, -0.2) is 0 Å². The van der Waals surface area contributed by atoms with E-state index in [4.69, 9.17) is 5.11 Å². The Balaban J connectivity index is 2.30. The number of hydrogen-bond donors (Lipinski definition) is 2. The highest BCUT2D eigenvalue weighted by Crippen LogP contribution is 2.32. The van der Waals surface area contributed by atoms with E-state index in [1.807, 2.05) is 0 Å². The Kier molecular flexibility index (Phi) is 3.25. The second-order valence-electron chi connectivity index (χ2n) is 3.11. The van der Waals surface area contributed by atoms with Gasteiger partial charge in [-0.05, 0) is 18.8 Å². The van der Waals surface area contributed by atoms with E-state index in [1.54, 1.807) is 0 Å². The highest BCUT2D eigenvalue weighted by Gasteiger charge is 2.36. The smallest absolute Gasteiger partial charge is 0.320 e. The van der Waals surface area contributed by atoms with Crippen molar-refractivity contribution in [2.45, 2.75) is 18.9 Å². The summed E-state index contributed by atoms with van der Waals surface area (Å²) in [6, 6.07) is -0.598.